The van der Waals surface area contributed by atoms with Gasteiger partial charge in [0.05, 0.1) is 0 Å². The Bertz CT molecular complexity index is 449. The molecule has 19 heavy (non-hydrogen) atoms. The van der Waals surface area contributed by atoms with Crippen LogP contribution in [0.4, 0.5) is 4.79 Å². The molecule has 0 saturated heterocycles. The van der Waals surface area contributed by atoms with Crippen molar-refractivity contribution in [3.8, 4) is 5.75 Å². The average Bonchev–Trinajstić information content (AvgIpc) is 2.36. The molecule has 0 radical (unpaired) electrons. The molecule has 0 aliphatic rings. The number of carbonyl (C=O) groups is 2. The summed E-state index contributed by atoms with van der Waals surface area (Å²) in [5.74, 6) is -0.000455. The number of hydrogen-bond donors (Lipinski definition) is 3. The van der Waals surface area contributed by atoms with Crippen LogP contribution in [0.3, 0.4) is 0 Å². The second-order valence-electron chi connectivity index (χ2n) is 4.05. The standard InChI is InChI=1S/C13H19N3O3/c1-3-15-9(2)10-5-4-6-11(7-10)19-8-12(17)16-13(14)18/h4-7,9,15H,3,8H2,1-2H3,(H3,14,16,17,18). The van der Waals surface area contributed by atoms with Crippen molar-refractivity contribution in [2.45, 2.75) is 19.9 Å². The van der Waals surface area contributed by atoms with Crippen molar-refractivity contribution in [2.24, 2.45) is 5.73 Å². The summed E-state index contributed by atoms with van der Waals surface area (Å²) in [5, 5.41) is 5.22. The Morgan fingerprint density at radius 1 is 1.42 bits per heavy atom. The Labute approximate surface area is 112 Å². The maximum Gasteiger partial charge on any atom is 0.318 e. The predicted octanol–water partition coefficient (Wildman–Crippen LogP) is 0.931. The van der Waals surface area contributed by atoms with E-state index in [1.165, 1.54) is 0 Å². The molecule has 0 fully saturated rings. The number of nitrogens with two attached hydrogens (primary N) is 1. The van der Waals surface area contributed by atoms with E-state index in [0.717, 1.165) is 12.1 Å². The molecule has 0 bridgehead atoms. The van der Waals surface area contributed by atoms with Gasteiger partial charge in [0.25, 0.3) is 5.91 Å². The van der Waals surface area contributed by atoms with E-state index in [1.807, 2.05) is 37.4 Å². The molecule has 6 nitrogen and oxygen atoms in total. The first kappa shape index (κ1) is 15.0. The van der Waals surface area contributed by atoms with E-state index >= 15 is 0 Å². The Morgan fingerprint density at radius 2 is 2.16 bits per heavy atom. The molecule has 4 N–H and O–H groups in total. The molecule has 0 aromatic heterocycles. The Morgan fingerprint density at radius 3 is 2.79 bits per heavy atom. The van der Waals surface area contributed by atoms with Crippen LogP contribution in [0, 0.1) is 0 Å². The molecule has 1 atom stereocenters. The quantitative estimate of drug-likeness (QED) is 0.713. The number of ether oxygens (including phenoxy) is 1. The number of amides is 3. The number of carbonyl (C=O) groups excluding carboxylic acids is 2. The van der Waals surface area contributed by atoms with E-state index in [2.05, 4.69) is 5.32 Å². The number of hydrogen-bond acceptors (Lipinski definition) is 4. The third-order valence-electron chi connectivity index (χ3n) is 2.50. The van der Waals surface area contributed by atoms with Crippen LogP contribution in [0.1, 0.15) is 25.5 Å². The molecule has 1 rings (SSSR count). The van der Waals surface area contributed by atoms with Crippen LogP contribution in [0.25, 0.3) is 0 Å². The molecule has 1 aromatic rings. The van der Waals surface area contributed by atoms with Gasteiger partial charge in [-0.05, 0) is 31.2 Å². The van der Waals surface area contributed by atoms with Crippen LogP contribution in [0.2, 0.25) is 0 Å². The molecule has 0 aliphatic carbocycles. The number of imide groups is 1. The molecule has 0 saturated carbocycles. The third-order valence-corrected chi connectivity index (χ3v) is 2.50. The van der Waals surface area contributed by atoms with Gasteiger partial charge in [-0.1, -0.05) is 19.1 Å². The third kappa shape index (κ3) is 5.39. The zero-order valence-corrected chi connectivity index (χ0v) is 11.1. The molecule has 3 amide bonds. The van der Waals surface area contributed by atoms with Gasteiger partial charge in [0.15, 0.2) is 6.61 Å². The van der Waals surface area contributed by atoms with Crippen molar-refractivity contribution in [3.63, 3.8) is 0 Å². The minimum Gasteiger partial charge on any atom is -0.484 e. The van der Waals surface area contributed by atoms with Gasteiger partial charge in [-0.2, -0.15) is 0 Å². The highest BCUT2D eigenvalue weighted by Crippen LogP contribution is 2.18. The summed E-state index contributed by atoms with van der Waals surface area (Å²) in [6.07, 6.45) is 0. The van der Waals surface area contributed by atoms with Gasteiger partial charge in [0, 0.05) is 6.04 Å². The molecule has 104 valence electrons. The summed E-state index contributed by atoms with van der Waals surface area (Å²) in [6, 6.07) is 6.75. The van der Waals surface area contributed by atoms with Crippen molar-refractivity contribution in [1.29, 1.82) is 0 Å². The average molecular weight is 265 g/mol. The SMILES string of the molecule is CCNC(C)c1cccc(OCC(=O)NC(N)=O)c1. The fraction of sp³-hybridized carbons (Fsp3) is 0.385. The lowest BCUT2D eigenvalue weighted by Gasteiger charge is -2.14. The van der Waals surface area contributed by atoms with Crippen LogP contribution in [-0.2, 0) is 4.79 Å². The Kier molecular flexibility index (Phi) is 5.81. The van der Waals surface area contributed by atoms with Crippen molar-refractivity contribution in [1.82, 2.24) is 10.6 Å². The summed E-state index contributed by atoms with van der Waals surface area (Å²) in [5.41, 5.74) is 5.89. The van der Waals surface area contributed by atoms with Gasteiger partial charge < -0.3 is 15.8 Å². The van der Waals surface area contributed by atoms with Crippen LogP contribution >= 0.6 is 0 Å². The van der Waals surface area contributed by atoms with Crippen LogP contribution in [-0.4, -0.2) is 25.1 Å². The predicted molar refractivity (Wildman–Crippen MR) is 71.8 cm³/mol. The first-order chi connectivity index (χ1) is 9.02. The van der Waals surface area contributed by atoms with Gasteiger partial charge in [-0.15, -0.1) is 0 Å². The van der Waals surface area contributed by atoms with Gasteiger partial charge >= 0.3 is 6.03 Å². The Hall–Kier alpha value is -2.08. The monoisotopic (exact) mass is 265 g/mol. The van der Waals surface area contributed by atoms with Crippen molar-refractivity contribution in [2.75, 3.05) is 13.2 Å². The lowest BCUT2D eigenvalue weighted by molar-refractivity contribution is -0.121. The first-order valence-corrected chi connectivity index (χ1v) is 6.08. The topological polar surface area (TPSA) is 93.4 Å². The largest absolute Gasteiger partial charge is 0.484 e. The van der Waals surface area contributed by atoms with Crippen molar-refractivity contribution < 1.29 is 14.3 Å². The van der Waals surface area contributed by atoms with E-state index in [4.69, 9.17) is 10.5 Å². The zero-order valence-electron chi connectivity index (χ0n) is 11.1. The molecule has 1 unspecified atom stereocenters. The summed E-state index contributed by atoms with van der Waals surface area (Å²) in [7, 11) is 0. The maximum absolute atomic E-state index is 11.2. The summed E-state index contributed by atoms with van der Waals surface area (Å²) in [6.45, 7) is 4.70. The second-order valence-corrected chi connectivity index (χ2v) is 4.05. The highest BCUT2D eigenvalue weighted by molar-refractivity contribution is 5.94. The lowest BCUT2D eigenvalue weighted by atomic mass is 10.1. The van der Waals surface area contributed by atoms with E-state index in [0.29, 0.717) is 5.75 Å². The number of benzene rings is 1. The highest BCUT2D eigenvalue weighted by atomic mass is 16.5. The van der Waals surface area contributed by atoms with E-state index in [9.17, 15) is 9.59 Å². The summed E-state index contributed by atoms with van der Waals surface area (Å²) >= 11 is 0. The van der Waals surface area contributed by atoms with Crippen molar-refractivity contribution >= 4 is 11.9 Å². The van der Waals surface area contributed by atoms with Gasteiger partial charge in [-0.3, -0.25) is 10.1 Å². The number of nitrogens with one attached hydrogen (secondary N) is 2. The minimum absolute atomic E-state index is 0.202. The van der Waals surface area contributed by atoms with Gasteiger partial charge in [0.1, 0.15) is 5.75 Å². The minimum atomic E-state index is -0.886. The Balaban J connectivity index is 2.57. The molecule has 0 aliphatic heterocycles. The highest BCUT2D eigenvalue weighted by Gasteiger charge is 2.07. The number of primary amides is 1. The zero-order chi connectivity index (χ0) is 14.3. The number of urea groups is 1. The molecular formula is C13H19N3O3. The van der Waals surface area contributed by atoms with Crippen LogP contribution < -0.4 is 21.1 Å². The summed E-state index contributed by atoms with van der Waals surface area (Å²) in [4.78, 5) is 21.7. The first-order valence-electron chi connectivity index (χ1n) is 6.08. The fourth-order valence-electron chi connectivity index (χ4n) is 1.62. The molecule has 1 aromatic carbocycles. The fourth-order valence-corrected chi connectivity index (χ4v) is 1.62. The van der Waals surface area contributed by atoms with Crippen molar-refractivity contribution in [3.05, 3.63) is 29.8 Å². The van der Waals surface area contributed by atoms with Crippen LogP contribution in [0.15, 0.2) is 24.3 Å². The molecule has 0 heterocycles. The maximum atomic E-state index is 11.2. The van der Waals surface area contributed by atoms with Gasteiger partial charge in [-0.25, -0.2) is 4.79 Å². The molecule has 6 heteroatoms. The normalized spacial score (nSPS) is 11.7. The summed E-state index contributed by atoms with van der Waals surface area (Å²) < 4.78 is 5.29. The van der Waals surface area contributed by atoms with E-state index in [-0.39, 0.29) is 12.6 Å². The molecule has 0 spiro atoms. The molecular weight excluding hydrogens is 246 g/mol. The van der Waals surface area contributed by atoms with Crippen LogP contribution in [0.5, 0.6) is 5.75 Å². The lowest BCUT2D eigenvalue weighted by Crippen LogP contribution is -2.38. The van der Waals surface area contributed by atoms with Gasteiger partial charge in [0.2, 0.25) is 0 Å². The number of rotatable bonds is 6. The second kappa shape index (κ2) is 7.38. The van der Waals surface area contributed by atoms with E-state index in [1.54, 1.807) is 6.07 Å². The van der Waals surface area contributed by atoms with E-state index < -0.39 is 11.9 Å². The smallest absolute Gasteiger partial charge is 0.318 e.